The lowest BCUT2D eigenvalue weighted by Crippen LogP contribution is -2.39. The Morgan fingerprint density at radius 3 is 2.42 bits per heavy atom. The van der Waals surface area contributed by atoms with Gasteiger partial charge in [-0.15, -0.1) is 0 Å². The van der Waals surface area contributed by atoms with Gasteiger partial charge in [0.2, 0.25) is 0 Å². The Morgan fingerprint density at radius 2 is 1.77 bits per heavy atom. The smallest absolute Gasteiger partial charge is 0.329 e. The Hall–Kier alpha value is -3.35. The molecule has 0 bridgehead atoms. The van der Waals surface area contributed by atoms with Crippen LogP contribution >= 0.6 is 0 Å². The molecule has 26 heavy (non-hydrogen) atoms. The van der Waals surface area contributed by atoms with Crippen LogP contribution in [0.1, 0.15) is 24.1 Å². The van der Waals surface area contributed by atoms with Crippen molar-refractivity contribution in [3.8, 4) is 11.5 Å². The van der Waals surface area contributed by atoms with Crippen molar-refractivity contribution in [2.45, 2.75) is 13.0 Å². The Kier molecular flexibility index (Phi) is 6.73. The molecule has 0 saturated heterocycles. The van der Waals surface area contributed by atoms with Gasteiger partial charge < -0.3 is 14.8 Å². The number of amides is 2. The average Bonchev–Trinajstić information content (AvgIpc) is 2.68. The lowest BCUT2D eigenvalue weighted by molar-refractivity contribution is -0.139. The number of methoxy groups -OCH3 is 2. The first-order valence-electron chi connectivity index (χ1n) is 7.96. The van der Waals surface area contributed by atoms with Crippen molar-refractivity contribution in [1.82, 2.24) is 10.7 Å². The quantitative estimate of drug-likeness (QED) is 0.471. The number of hydrogen-bond acceptors (Lipinski definition) is 5. The van der Waals surface area contributed by atoms with Crippen LogP contribution in [0, 0.1) is 0 Å². The summed E-state index contributed by atoms with van der Waals surface area (Å²) < 4.78 is 10.3. The molecule has 2 N–H and O–H groups in total. The third kappa shape index (κ3) is 5.07. The molecule has 0 fully saturated rings. The topological polar surface area (TPSA) is 89.0 Å². The summed E-state index contributed by atoms with van der Waals surface area (Å²) >= 11 is 0. The van der Waals surface area contributed by atoms with Crippen molar-refractivity contribution >= 4 is 18.0 Å². The predicted octanol–water partition coefficient (Wildman–Crippen LogP) is 2.03. The van der Waals surface area contributed by atoms with Crippen LogP contribution < -0.4 is 20.2 Å². The molecule has 0 spiro atoms. The molecule has 2 amide bonds. The first-order chi connectivity index (χ1) is 12.5. The molecule has 0 aliphatic rings. The zero-order valence-corrected chi connectivity index (χ0v) is 14.9. The fourth-order valence-corrected chi connectivity index (χ4v) is 2.22. The van der Waals surface area contributed by atoms with E-state index in [-0.39, 0.29) is 6.04 Å². The van der Waals surface area contributed by atoms with Crippen LogP contribution in [0.2, 0.25) is 0 Å². The molecule has 7 heteroatoms. The fraction of sp³-hybridized carbons (Fsp3) is 0.211. The van der Waals surface area contributed by atoms with Gasteiger partial charge in [-0.1, -0.05) is 30.3 Å². The molecule has 0 heterocycles. The van der Waals surface area contributed by atoms with Gasteiger partial charge in [-0.25, -0.2) is 5.43 Å². The van der Waals surface area contributed by atoms with Crippen LogP contribution in [-0.4, -0.2) is 32.2 Å². The molecule has 0 aliphatic carbocycles. The standard InChI is InChI=1S/C19H21N3O4/c1-13(14-7-5-4-6-8-14)21-18(23)19(24)22-20-12-15-9-10-16(25-2)11-17(15)26-3/h4-13H,1-3H3,(H,21,23)(H,22,24)/b20-12-/t13-/m1/s1. The number of carbonyl (C=O) groups is 2. The molecule has 0 aliphatic heterocycles. The van der Waals surface area contributed by atoms with Gasteiger partial charge in [0, 0.05) is 11.6 Å². The van der Waals surface area contributed by atoms with E-state index in [1.807, 2.05) is 30.3 Å². The van der Waals surface area contributed by atoms with Gasteiger partial charge in [-0.05, 0) is 24.6 Å². The van der Waals surface area contributed by atoms with Gasteiger partial charge >= 0.3 is 11.8 Å². The van der Waals surface area contributed by atoms with Gasteiger partial charge in [0.15, 0.2) is 0 Å². The molecule has 0 unspecified atom stereocenters. The number of rotatable bonds is 6. The summed E-state index contributed by atoms with van der Waals surface area (Å²) in [7, 11) is 3.07. The summed E-state index contributed by atoms with van der Waals surface area (Å²) in [6, 6.07) is 14.2. The van der Waals surface area contributed by atoms with Crippen LogP contribution in [0.25, 0.3) is 0 Å². The number of nitrogens with one attached hydrogen (secondary N) is 2. The summed E-state index contributed by atoms with van der Waals surface area (Å²) in [4.78, 5) is 23.8. The Balaban J connectivity index is 1.93. The average molecular weight is 355 g/mol. The maximum Gasteiger partial charge on any atom is 0.329 e. The number of hydrazone groups is 1. The van der Waals surface area contributed by atoms with Crippen molar-refractivity contribution in [2.75, 3.05) is 14.2 Å². The van der Waals surface area contributed by atoms with Crippen molar-refractivity contribution in [2.24, 2.45) is 5.10 Å². The van der Waals surface area contributed by atoms with E-state index in [1.54, 1.807) is 32.2 Å². The van der Waals surface area contributed by atoms with Gasteiger partial charge in [0.25, 0.3) is 0 Å². The molecule has 2 aromatic rings. The van der Waals surface area contributed by atoms with Crippen molar-refractivity contribution in [1.29, 1.82) is 0 Å². The Morgan fingerprint density at radius 1 is 1.04 bits per heavy atom. The second kappa shape index (κ2) is 9.22. The molecular weight excluding hydrogens is 334 g/mol. The van der Waals surface area contributed by atoms with E-state index in [9.17, 15) is 9.59 Å². The van der Waals surface area contributed by atoms with Crippen LogP contribution in [-0.2, 0) is 9.59 Å². The van der Waals surface area contributed by atoms with E-state index in [2.05, 4.69) is 15.8 Å². The van der Waals surface area contributed by atoms with E-state index < -0.39 is 11.8 Å². The minimum atomic E-state index is -0.850. The third-order valence-corrected chi connectivity index (χ3v) is 3.66. The lowest BCUT2D eigenvalue weighted by atomic mass is 10.1. The molecule has 2 aromatic carbocycles. The number of ether oxygens (including phenoxy) is 2. The highest BCUT2D eigenvalue weighted by molar-refractivity contribution is 6.35. The monoisotopic (exact) mass is 355 g/mol. The molecule has 0 radical (unpaired) electrons. The lowest BCUT2D eigenvalue weighted by Gasteiger charge is -2.13. The van der Waals surface area contributed by atoms with Crippen molar-refractivity contribution < 1.29 is 19.1 Å². The molecule has 136 valence electrons. The third-order valence-electron chi connectivity index (χ3n) is 3.66. The summed E-state index contributed by atoms with van der Waals surface area (Å²) in [5.74, 6) is -0.446. The largest absolute Gasteiger partial charge is 0.497 e. The second-order valence-electron chi connectivity index (χ2n) is 5.41. The van der Waals surface area contributed by atoms with E-state index in [0.717, 1.165) is 5.56 Å². The predicted molar refractivity (Wildman–Crippen MR) is 98.3 cm³/mol. The molecule has 2 rings (SSSR count). The van der Waals surface area contributed by atoms with Crippen LogP contribution in [0.4, 0.5) is 0 Å². The maximum absolute atomic E-state index is 11.9. The first kappa shape index (κ1) is 19.0. The SMILES string of the molecule is COc1ccc(/C=N\NC(=O)C(=O)N[C@H](C)c2ccccc2)c(OC)c1. The number of nitrogens with zero attached hydrogens (tertiary/aromatic N) is 1. The van der Waals surface area contributed by atoms with Gasteiger partial charge in [0.1, 0.15) is 11.5 Å². The maximum atomic E-state index is 11.9. The molecular formula is C19H21N3O4. The minimum Gasteiger partial charge on any atom is -0.497 e. The van der Waals surface area contributed by atoms with E-state index in [1.165, 1.54) is 13.3 Å². The molecule has 1 atom stereocenters. The second-order valence-corrected chi connectivity index (χ2v) is 5.41. The number of benzene rings is 2. The van der Waals surface area contributed by atoms with Gasteiger partial charge in [-0.2, -0.15) is 5.10 Å². The van der Waals surface area contributed by atoms with Gasteiger partial charge in [0.05, 0.1) is 26.5 Å². The van der Waals surface area contributed by atoms with Crippen LogP contribution in [0.15, 0.2) is 53.6 Å². The zero-order valence-electron chi connectivity index (χ0n) is 14.9. The van der Waals surface area contributed by atoms with Gasteiger partial charge in [-0.3, -0.25) is 9.59 Å². The molecule has 7 nitrogen and oxygen atoms in total. The summed E-state index contributed by atoms with van der Waals surface area (Å²) in [5, 5.41) is 6.42. The molecule has 0 saturated carbocycles. The van der Waals surface area contributed by atoms with Crippen LogP contribution in [0.3, 0.4) is 0 Å². The highest BCUT2D eigenvalue weighted by Crippen LogP contribution is 2.22. The fourth-order valence-electron chi connectivity index (χ4n) is 2.22. The normalized spacial score (nSPS) is 11.7. The highest BCUT2D eigenvalue weighted by atomic mass is 16.5. The van der Waals surface area contributed by atoms with E-state index >= 15 is 0 Å². The summed E-state index contributed by atoms with van der Waals surface area (Å²) in [6.45, 7) is 1.80. The molecule has 0 aromatic heterocycles. The number of carbonyl (C=O) groups excluding carboxylic acids is 2. The minimum absolute atomic E-state index is 0.292. The first-order valence-corrected chi connectivity index (χ1v) is 7.96. The number of hydrogen-bond donors (Lipinski definition) is 2. The zero-order chi connectivity index (χ0) is 18.9. The van der Waals surface area contributed by atoms with Crippen LogP contribution in [0.5, 0.6) is 11.5 Å². The van der Waals surface area contributed by atoms with E-state index in [0.29, 0.717) is 17.1 Å². The summed E-state index contributed by atoms with van der Waals surface area (Å²) in [5.41, 5.74) is 3.73. The highest BCUT2D eigenvalue weighted by Gasteiger charge is 2.16. The van der Waals surface area contributed by atoms with Crippen molar-refractivity contribution in [3.63, 3.8) is 0 Å². The summed E-state index contributed by atoms with van der Waals surface area (Å²) in [6.07, 6.45) is 1.39. The Bertz CT molecular complexity index is 791. The van der Waals surface area contributed by atoms with E-state index in [4.69, 9.17) is 9.47 Å². The van der Waals surface area contributed by atoms with Crippen molar-refractivity contribution in [3.05, 3.63) is 59.7 Å². The Labute approximate surface area is 152 Å².